The fraction of sp³-hybridized carbons (Fsp3) is 0.350. The molecule has 29 heavy (non-hydrogen) atoms. The van der Waals surface area contributed by atoms with Crippen LogP contribution in [0.4, 0.5) is 17.1 Å². The summed E-state index contributed by atoms with van der Waals surface area (Å²) in [5.74, 6) is -0.553. The van der Waals surface area contributed by atoms with Crippen molar-refractivity contribution < 1.29 is 18.1 Å². The average molecular weight is 420 g/mol. The molecule has 0 spiro atoms. The zero-order valence-electron chi connectivity index (χ0n) is 17.1. The first-order valence-electron chi connectivity index (χ1n) is 9.08. The Labute approximate surface area is 170 Å². The molecule has 0 saturated heterocycles. The molecule has 0 aromatic heterocycles. The Balaban J connectivity index is 2.49. The largest absolute Gasteiger partial charge is 0.324 e. The van der Waals surface area contributed by atoms with Crippen LogP contribution in [0.25, 0.3) is 0 Å². The Bertz CT molecular complexity index is 1050. The molecule has 0 fully saturated rings. The second-order valence-corrected chi connectivity index (χ2v) is 8.83. The van der Waals surface area contributed by atoms with Crippen LogP contribution >= 0.6 is 0 Å². The minimum Gasteiger partial charge on any atom is -0.324 e. The number of sulfonamides is 1. The highest BCUT2D eigenvalue weighted by atomic mass is 32.2. The van der Waals surface area contributed by atoms with Crippen LogP contribution < -0.4 is 9.62 Å². The molecule has 0 radical (unpaired) electrons. The molecule has 0 aliphatic rings. The van der Waals surface area contributed by atoms with Crippen molar-refractivity contribution in [2.45, 2.75) is 40.2 Å². The number of anilines is 2. The van der Waals surface area contributed by atoms with Crippen molar-refractivity contribution in [3.05, 3.63) is 63.2 Å². The highest BCUT2D eigenvalue weighted by Gasteiger charge is 2.33. The average Bonchev–Trinajstić information content (AvgIpc) is 2.62. The second kappa shape index (κ2) is 8.60. The van der Waals surface area contributed by atoms with Gasteiger partial charge in [0.1, 0.15) is 6.04 Å². The number of aryl methyl sites for hydroxylation is 2. The summed E-state index contributed by atoms with van der Waals surface area (Å²) in [5.41, 5.74) is 2.48. The van der Waals surface area contributed by atoms with Gasteiger partial charge in [-0.2, -0.15) is 0 Å². The lowest BCUT2D eigenvalue weighted by Crippen LogP contribution is -2.47. The number of amides is 1. The minimum atomic E-state index is -3.77. The summed E-state index contributed by atoms with van der Waals surface area (Å²) >= 11 is 0. The Hall–Kier alpha value is -2.94. The summed E-state index contributed by atoms with van der Waals surface area (Å²) in [6.45, 7) is 6.88. The van der Waals surface area contributed by atoms with E-state index in [1.165, 1.54) is 19.1 Å². The second-order valence-electron chi connectivity index (χ2n) is 6.97. The molecule has 1 amide bonds. The molecule has 2 rings (SSSR count). The van der Waals surface area contributed by atoms with Gasteiger partial charge < -0.3 is 5.32 Å². The number of nitro benzene ring substituents is 1. The van der Waals surface area contributed by atoms with Gasteiger partial charge in [-0.05, 0) is 50.5 Å². The summed E-state index contributed by atoms with van der Waals surface area (Å²) in [6.07, 6.45) is 1.28. The first-order valence-corrected chi connectivity index (χ1v) is 10.9. The van der Waals surface area contributed by atoms with Crippen molar-refractivity contribution >= 4 is 33.0 Å². The molecule has 9 heteroatoms. The van der Waals surface area contributed by atoms with Crippen LogP contribution in [-0.4, -0.2) is 31.5 Å². The van der Waals surface area contributed by atoms with Crippen LogP contribution in [0, 0.1) is 30.9 Å². The molecule has 0 aliphatic carbocycles. The van der Waals surface area contributed by atoms with Gasteiger partial charge in [0.25, 0.3) is 5.69 Å². The maximum absolute atomic E-state index is 13.0. The summed E-state index contributed by atoms with van der Waals surface area (Å²) in [5, 5.41) is 13.8. The summed E-state index contributed by atoms with van der Waals surface area (Å²) in [6, 6.07) is 8.76. The number of nitrogens with zero attached hydrogens (tertiary/aromatic N) is 2. The van der Waals surface area contributed by atoms with Gasteiger partial charge in [-0.1, -0.05) is 25.1 Å². The zero-order valence-corrected chi connectivity index (χ0v) is 17.9. The maximum atomic E-state index is 13.0. The third kappa shape index (κ3) is 4.92. The van der Waals surface area contributed by atoms with Gasteiger partial charge >= 0.3 is 0 Å². The standard InChI is InChI=1S/C20H25N3O5S/c1-6-17(20(24)21-16-8-7-9-18(15(16)4)23(25)26)22(29(5,27)28)19-12-13(2)10-11-14(19)3/h7-12,17H,6H2,1-5H3,(H,21,24)/t17-/m1/s1. The monoisotopic (exact) mass is 419 g/mol. The van der Waals surface area contributed by atoms with Gasteiger partial charge in [-0.25, -0.2) is 8.42 Å². The van der Waals surface area contributed by atoms with E-state index < -0.39 is 26.9 Å². The Morgan fingerprint density at radius 3 is 2.41 bits per heavy atom. The van der Waals surface area contributed by atoms with Crippen molar-refractivity contribution in [1.82, 2.24) is 0 Å². The van der Waals surface area contributed by atoms with Crippen LogP contribution in [0.15, 0.2) is 36.4 Å². The molecule has 0 unspecified atom stereocenters. The van der Waals surface area contributed by atoms with Gasteiger partial charge in [0, 0.05) is 6.07 Å². The quantitative estimate of drug-likeness (QED) is 0.543. The minimum absolute atomic E-state index is 0.120. The molecule has 156 valence electrons. The smallest absolute Gasteiger partial charge is 0.274 e. The van der Waals surface area contributed by atoms with Crippen LogP contribution in [0.2, 0.25) is 0 Å². The third-order valence-electron chi connectivity index (χ3n) is 4.69. The van der Waals surface area contributed by atoms with E-state index in [0.29, 0.717) is 11.3 Å². The van der Waals surface area contributed by atoms with Gasteiger partial charge in [0.2, 0.25) is 15.9 Å². The van der Waals surface area contributed by atoms with Crippen LogP contribution in [0.5, 0.6) is 0 Å². The maximum Gasteiger partial charge on any atom is 0.274 e. The molecular formula is C20H25N3O5S. The molecular weight excluding hydrogens is 394 g/mol. The predicted octanol–water partition coefficient (Wildman–Crippen LogP) is 3.70. The van der Waals surface area contributed by atoms with Crippen molar-refractivity contribution in [2.24, 2.45) is 0 Å². The number of carbonyl (C=O) groups is 1. The van der Waals surface area contributed by atoms with Gasteiger partial charge in [0.05, 0.1) is 28.1 Å². The lowest BCUT2D eigenvalue weighted by atomic mass is 10.1. The zero-order chi connectivity index (χ0) is 21.9. The highest BCUT2D eigenvalue weighted by molar-refractivity contribution is 7.92. The van der Waals surface area contributed by atoms with E-state index in [1.54, 1.807) is 32.0 Å². The number of carbonyl (C=O) groups excluding carboxylic acids is 1. The molecule has 1 atom stereocenters. The fourth-order valence-corrected chi connectivity index (χ4v) is 4.43. The highest BCUT2D eigenvalue weighted by Crippen LogP contribution is 2.29. The van der Waals surface area contributed by atoms with Crippen molar-refractivity contribution in [2.75, 3.05) is 15.9 Å². The van der Waals surface area contributed by atoms with E-state index in [1.807, 2.05) is 13.0 Å². The SMILES string of the molecule is CC[C@H](C(=O)Nc1cccc([N+](=O)[O-])c1C)N(c1cc(C)ccc1C)S(C)(=O)=O. The summed E-state index contributed by atoms with van der Waals surface area (Å²) in [7, 11) is -3.77. The summed E-state index contributed by atoms with van der Waals surface area (Å²) in [4.78, 5) is 23.7. The Morgan fingerprint density at radius 2 is 1.86 bits per heavy atom. The van der Waals surface area contributed by atoms with Crippen LogP contribution in [0.3, 0.4) is 0 Å². The number of benzene rings is 2. The normalized spacial score (nSPS) is 12.3. The lowest BCUT2D eigenvalue weighted by molar-refractivity contribution is -0.385. The number of hydrogen-bond acceptors (Lipinski definition) is 5. The molecule has 0 saturated carbocycles. The third-order valence-corrected chi connectivity index (χ3v) is 5.86. The number of nitrogens with one attached hydrogen (secondary N) is 1. The molecule has 2 aromatic carbocycles. The summed E-state index contributed by atoms with van der Waals surface area (Å²) < 4.78 is 26.4. The van der Waals surface area contributed by atoms with Crippen molar-refractivity contribution in [3.63, 3.8) is 0 Å². The first kappa shape index (κ1) is 22.4. The van der Waals surface area contributed by atoms with E-state index in [2.05, 4.69) is 5.32 Å². The van der Waals surface area contributed by atoms with Crippen molar-refractivity contribution in [3.8, 4) is 0 Å². The van der Waals surface area contributed by atoms with Crippen LogP contribution in [0.1, 0.15) is 30.0 Å². The van der Waals surface area contributed by atoms with E-state index in [-0.39, 0.29) is 17.8 Å². The molecule has 8 nitrogen and oxygen atoms in total. The Morgan fingerprint density at radius 1 is 1.21 bits per heavy atom. The topological polar surface area (TPSA) is 110 Å². The van der Waals surface area contributed by atoms with E-state index in [9.17, 15) is 23.3 Å². The molecule has 2 aromatic rings. The van der Waals surface area contributed by atoms with Gasteiger partial charge in [-0.3, -0.25) is 19.2 Å². The van der Waals surface area contributed by atoms with E-state index in [4.69, 9.17) is 0 Å². The predicted molar refractivity (Wildman–Crippen MR) is 114 cm³/mol. The number of hydrogen-bond donors (Lipinski definition) is 1. The van der Waals surface area contributed by atoms with Crippen LogP contribution in [-0.2, 0) is 14.8 Å². The van der Waals surface area contributed by atoms with Gasteiger partial charge in [0.15, 0.2) is 0 Å². The molecule has 0 aliphatic heterocycles. The van der Waals surface area contributed by atoms with Gasteiger partial charge in [-0.15, -0.1) is 0 Å². The number of nitro groups is 1. The molecule has 0 heterocycles. The Kier molecular flexibility index (Phi) is 6.63. The van der Waals surface area contributed by atoms with E-state index in [0.717, 1.165) is 21.7 Å². The van der Waals surface area contributed by atoms with Crippen molar-refractivity contribution in [1.29, 1.82) is 0 Å². The lowest BCUT2D eigenvalue weighted by Gasteiger charge is -2.31. The first-order chi connectivity index (χ1) is 13.5. The molecule has 0 bridgehead atoms. The number of rotatable bonds is 7. The fourth-order valence-electron chi connectivity index (χ4n) is 3.16. The molecule has 1 N–H and O–H groups in total. The van der Waals surface area contributed by atoms with E-state index >= 15 is 0 Å².